The fourth-order valence-corrected chi connectivity index (χ4v) is 3.38. The van der Waals surface area contributed by atoms with Crippen molar-refractivity contribution in [2.75, 3.05) is 11.4 Å². The Morgan fingerprint density at radius 3 is 2.54 bits per heavy atom. The number of nitrogens with zero attached hydrogens (tertiary/aromatic N) is 1. The van der Waals surface area contributed by atoms with Crippen LogP contribution in [-0.4, -0.2) is 29.3 Å². The summed E-state index contributed by atoms with van der Waals surface area (Å²) in [6, 6.07) is 12.7. The number of ketones is 1. The smallest absolute Gasteiger partial charge is 0.312 e. The van der Waals surface area contributed by atoms with Crippen LogP contribution in [0, 0.1) is 13.8 Å². The highest BCUT2D eigenvalue weighted by molar-refractivity contribution is 6.03. The third kappa shape index (κ3) is 3.38. The number of benzene rings is 2. The van der Waals surface area contributed by atoms with Crippen molar-refractivity contribution >= 4 is 23.3 Å². The number of Topliss-reactive ketones (excluding diaryl/α,β-unsaturated/α-hetero) is 1. The van der Waals surface area contributed by atoms with Crippen LogP contribution in [0.4, 0.5) is 5.69 Å². The van der Waals surface area contributed by atoms with E-state index in [4.69, 9.17) is 0 Å². The van der Waals surface area contributed by atoms with Gasteiger partial charge >= 0.3 is 5.97 Å². The van der Waals surface area contributed by atoms with Crippen molar-refractivity contribution in [1.82, 2.24) is 0 Å². The Bertz CT molecular complexity index is 887. The van der Waals surface area contributed by atoms with Crippen molar-refractivity contribution < 1.29 is 19.5 Å². The zero-order chi connectivity index (χ0) is 18.8. The number of amides is 1. The van der Waals surface area contributed by atoms with Crippen LogP contribution in [0.15, 0.2) is 42.5 Å². The van der Waals surface area contributed by atoms with Gasteiger partial charge in [0.2, 0.25) is 5.91 Å². The number of carbonyl (C=O) groups excluding carboxylic acids is 2. The molecule has 1 N–H and O–H groups in total. The van der Waals surface area contributed by atoms with Crippen LogP contribution < -0.4 is 4.90 Å². The van der Waals surface area contributed by atoms with Crippen molar-refractivity contribution in [3.05, 3.63) is 64.7 Å². The van der Waals surface area contributed by atoms with E-state index in [1.165, 1.54) is 4.90 Å². The number of hydrogen-bond donors (Lipinski definition) is 1. The number of aryl methyl sites for hydroxylation is 2. The van der Waals surface area contributed by atoms with E-state index in [0.29, 0.717) is 16.8 Å². The van der Waals surface area contributed by atoms with Crippen LogP contribution in [0.25, 0.3) is 0 Å². The van der Waals surface area contributed by atoms with Gasteiger partial charge in [-0.05, 0) is 37.1 Å². The lowest BCUT2D eigenvalue weighted by molar-refractivity contribution is -0.138. The van der Waals surface area contributed by atoms with Crippen molar-refractivity contribution in [3.8, 4) is 0 Å². The summed E-state index contributed by atoms with van der Waals surface area (Å²) in [7, 11) is 0. The van der Waals surface area contributed by atoms with E-state index in [2.05, 4.69) is 0 Å². The van der Waals surface area contributed by atoms with Crippen LogP contribution in [0.3, 0.4) is 0 Å². The third-order valence-corrected chi connectivity index (χ3v) is 4.83. The third-order valence-electron chi connectivity index (χ3n) is 4.83. The molecule has 134 valence electrons. The summed E-state index contributed by atoms with van der Waals surface area (Å²) in [5, 5.41) is 9.39. The van der Waals surface area contributed by atoms with Gasteiger partial charge in [-0.15, -0.1) is 0 Å². The molecule has 0 aromatic heterocycles. The fourth-order valence-electron chi connectivity index (χ4n) is 3.38. The van der Waals surface area contributed by atoms with Gasteiger partial charge in [0, 0.05) is 30.6 Å². The van der Waals surface area contributed by atoms with E-state index in [1.54, 1.807) is 24.3 Å². The number of rotatable bonds is 5. The Morgan fingerprint density at radius 1 is 1.08 bits per heavy atom. The van der Waals surface area contributed by atoms with Gasteiger partial charge < -0.3 is 10.0 Å². The molecule has 5 heteroatoms. The summed E-state index contributed by atoms with van der Waals surface area (Å²) < 4.78 is 0. The fraction of sp³-hybridized carbons (Fsp3) is 0.286. The van der Waals surface area contributed by atoms with Gasteiger partial charge in [0.05, 0.1) is 0 Å². The Hall–Kier alpha value is -2.95. The maximum Gasteiger partial charge on any atom is 0.312 e. The molecule has 0 spiro atoms. The minimum Gasteiger partial charge on any atom is -0.481 e. The monoisotopic (exact) mass is 351 g/mol. The second-order valence-electron chi connectivity index (χ2n) is 6.70. The first-order chi connectivity index (χ1) is 12.4. The second kappa shape index (κ2) is 7.12. The lowest BCUT2D eigenvalue weighted by atomic mass is 9.99. The van der Waals surface area contributed by atoms with Crippen LogP contribution in [0.5, 0.6) is 0 Å². The van der Waals surface area contributed by atoms with E-state index in [1.807, 2.05) is 32.0 Å². The van der Waals surface area contributed by atoms with E-state index < -0.39 is 11.9 Å². The highest BCUT2D eigenvalue weighted by atomic mass is 16.4. The summed E-state index contributed by atoms with van der Waals surface area (Å²) in [6.45, 7) is 3.92. The summed E-state index contributed by atoms with van der Waals surface area (Å²) in [5.41, 5.74) is 3.81. The van der Waals surface area contributed by atoms with E-state index in [-0.39, 0.29) is 31.1 Å². The van der Waals surface area contributed by atoms with E-state index >= 15 is 0 Å². The first-order valence-corrected chi connectivity index (χ1v) is 8.61. The molecule has 1 heterocycles. The summed E-state index contributed by atoms with van der Waals surface area (Å²) in [5.74, 6) is -1.95. The van der Waals surface area contributed by atoms with Crippen LogP contribution in [0.1, 0.15) is 45.8 Å². The minimum absolute atomic E-state index is 0.0624. The molecule has 0 fully saturated rings. The molecule has 5 nitrogen and oxygen atoms in total. The number of aliphatic carboxylic acids is 1. The van der Waals surface area contributed by atoms with Gasteiger partial charge in [-0.1, -0.05) is 35.9 Å². The van der Waals surface area contributed by atoms with Crippen LogP contribution in [0.2, 0.25) is 0 Å². The van der Waals surface area contributed by atoms with Gasteiger partial charge in [-0.3, -0.25) is 14.4 Å². The minimum atomic E-state index is -0.945. The van der Waals surface area contributed by atoms with E-state index in [0.717, 1.165) is 11.1 Å². The number of para-hydroxylation sites is 1. The Morgan fingerprint density at radius 2 is 1.81 bits per heavy atom. The predicted molar refractivity (Wildman–Crippen MR) is 98.7 cm³/mol. The van der Waals surface area contributed by atoms with Crippen molar-refractivity contribution in [2.45, 2.75) is 32.6 Å². The molecule has 1 aliphatic rings. The summed E-state index contributed by atoms with van der Waals surface area (Å²) in [4.78, 5) is 38.1. The molecule has 1 aliphatic heterocycles. The Balaban J connectivity index is 1.72. The van der Waals surface area contributed by atoms with Crippen molar-refractivity contribution in [2.24, 2.45) is 0 Å². The molecule has 1 unspecified atom stereocenters. The lowest BCUT2D eigenvalue weighted by Crippen LogP contribution is -2.31. The average Bonchev–Trinajstić information content (AvgIpc) is 3.01. The zero-order valence-corrected chi connectivity index (χ0v) is 14.9. The van der Waals surface area contributed by atoms with Gasteiger partial charge in [-0.2, -0.15) is 0 Å². The highest BCUT2D eigenvalue weighted by Crippen LogP contribution is 2.36. The van der Waals surface area contributed by atoms with Gasteiger partial charge in [0.15, 0.2) is 5.78 Å². The molecule has 1 atom stereocenters. The SMILES string of the molecule is Cc1ccc(C)c(C(=O)CCC(=O)N2CC(C(=O)O)c3ccccc32)c1. The molecule has 0 bridgehead atoms. The molecular weight excluding hydrogens is 330 g/mol. The topological polar surface area (TPSA) is 74.7 Å². The molecule has 0 saturated heterocycles. The molecule has 2 aromatic carbocycles. The molecule has 2 aromatic rings. The maximum absolute atomic E-state index is 12.6. The number of carboxylic acid groups (broad SMARTS) is 1. The van der Waals surface area contributed by atoms with Gasteiger partial charge in [0.25, 0.3) is 0 Å². The molecule has 0 saturated carbocycles. The maximum atomic E-state index is 12.6. The number of anilines is 1. The van der Waals surface area contributed by atoms with Crippen LogP contribution >= 0.6 is 0 Å². The van der Waals surface area contributed by atoms with Gasteiger partial charge in [0.1, 0.15) is 5.92 Å². The number of fused-ring (bicyclic) bond motifs is 1. The quantitative estimate of drug-likeness (QED) is 0.837. The molecular formula is C21H21NO4. The zero-order valence-electron chi connectivity index (χ0n) is 14.9. The Kier molecular flexibility index (Phi) is 4.89. The largest absolute Gasteiger partial charge is 0.481 e. The number of carbonyl (C=O) groups is 3. The van der Waals surface area contributed by atoms with Crippen LogP contribution in [-0.2, 0) is 9.59 Å². The normalized spacial score (nSPS) is 15.6. The first kappa shape index (κ1) is 17.9. The molecule has 0 aliphatic carbocycles. The average molecular weight is 351 g/mol. The summed E-state index contributed by atoms with van der Waals surface area (Å²) >= 11 is 0. The molecule has 1 amide bonds. The number of hydrogen-bond acceptors (Lipinski definition) is 3. The first-order valence-electron chi connectivity index (χ1n) is 8.61. The standard InChI is InChI=1S/C21H21NO4/c1-13-7-8-14(2)16(11-13)19(23)9-10-20(24)22-12-17(21(25)26)15-5-3-4-6-18(15)22/h3-8,11,17H,9-10,12H2,1-2H3,(H,25,26). The lowest BCUT2D eigenvalue weighted by Gasteiger charge is -2.17. The highest BCUT2D eigenvalue weighted by Gasteiger charge is 2.36. The summed E-state index contributed by atoms with van der Waals surface area (Å²) in [6.07, 6.45) is 0.173. The number of carboxylic acids is 1. The molecule has 3 rings (SSSR count). The second-order valence-corrected chi connectivity index (χ2v) is 6.70. The van der Waals surface area contributed by atoms with Crippen molar-refractivity contribution in [1.29, 1.82) is 0 Å². The molecule has 26 heavy (non-hydrogen) atoms. The van der Waals surface area contributed by atoms with Crippen molar-refractivity contribution in [3.63, 3.8) is 0 Å². The Labute approximate surface area is 152 Å². The van der Waals surface area contributed by atoms with Gasteiger partial charge in [-0.25, -0.2) is 0 Å². The predicted octanol–water partition coefficient (Wildman–Crippen LogP) is 3.48. The molecule has 0 radical (unpaired) electrons. The van der Waals surface area contributed by atoms with E-state index in [9.17, 15) is 19.5 Å².